The second kappa shape index (κ2) is 12.4. The zero-order chi connectivity index (χ0) is 21.8. The van der Waals surface area contributed by atoms with Crippen molar-refractivity contribution >= 4 is 0 Å². The van der Waals surface area contributed by atoms with Crippen molar-refractivity contribution in [3.63, 3.8) is 0 Å². The van der Waals surface area contributed by atoms with Crippen molar-refractivity contribution in [1.82, 2.24) is 19.9 Å². The van der Waals surface area contributed by atoms with Crippen LogP contribution in [0.25, 0.3) is 0 Å². The van der Waals surface area contributed by atoms with Crippen LogP contribution in [0.2, 0.25) is 0 Å². The number of hydrogen-bond donors (Lipinski definition) is 2. The van der Waals surface area contributed by atoms with E-state index in [9.17, 15) is 9.59 Å². The summed E-state index contributed by atoms with van der Waals surface area (Å²) in [6.07, 6.45) is 8.64. The molecule has 0 aliphatic rings. The van der Waals surface area contributed by atoms with E-state index in [-0.39, 0.29) is 11.1 Å². The molecule has 0 spiro atoms. The second-order valence-electron chi connectivity index (χ2n) is 7.58. The average Bonchev–Trinajstić information content (AvgIpc) is 2.70. The molecule has 0 aliphatic heterocycles. The van der Waals surface area contributed by atoms with E-state index in [0.29, 0.717) is 17.8 Å². The van der Waals surface area contributed by atoms with Gasteiger partial charge in [-0.25, -0.2) is 9.97 Å². The first-order valence-corrected chi connectivity index (χ1v) is 9.83. The van der Waals surface area contributed by atoms with Gasteiger partial charge in [-0.1, -0.05) is 53.7 Å². The van der Waals surface area contributed by atoms with E-state index in [1.54, 1.807) is 24.8 Å². The zero-order valence-corrected chi connectivity index (χ0v) is 18.1. The number of rotatable bonds is 3. The quantitative estimate of drug-likeness (QED) is 0.677. The largest absolute Gasteiger partial charge is 0.329 e. The van der Waals surface area contributed by atoms with E-state index < -0.39 is 0 Å². The Morgan fingerprint density at radius 3 is 1.76 bits per heavy atom. The number of aromatic nitrogens is 4. The smallest absolute Gasteiger partial charge is 0.251 e. The first-order valence-electron chi connectivity index (χ1n) is 9.83. The van der Waals surface area contributed by atoms with E-state index in [4.69, 9.17) is 0 Å². The maximum atomic E-state index is 11.0. The standard InChI is InChI=1S/2C8H11NO.C7H10N2/c1-6(2)7-3-4-8(10)9-5-7;1-6(2)7-4-3-5-9-8(7)10;1-6(2)7-3-8-5-9-4-7/h2*3-6H,1-2H3,(H,9,10);3-6H,1-2H3. The highest BCUT2D eigenvalue weighted by molar-refractivity contribution is 5.13. The van der Waals surface area contributed by atoms with Crippen LogP contribution >= 0.6 is 0 Å². The first-order chi connectivity index (χ1) is 13.7. The van der Waals surface area contributed by atoms with Gasteiger partial charge in [0.2, 0.25) is 5.56 Å². The van der Waals surface area contributed by atoms with E-state index >= 15 is 0 Å². The summed E-state index contributed by atoms with van der Waals surface area (Å²) in [7, 11) is 0. The van der Waals surface area contributed by atoms with Gasteiger partial charge in [0, 0.05) is 36.4 Å². The number of hydrogen-bond acceptors (Lipinski definition) is 4. The van der Waals surface area contributed by atoms with Gasteiger partial charge in [0.05, 0.1) is 0 Å². The maximum absolute atomic E-state index is 11.0. The fourth-order valence-electron chi connectivity index (χ4n) is 2.28. The molecule has 0 saturated carbocycles. The van der Waals surface area contributed by atoms with Crippen LogP contribution < -0.4 is 11.1 Å². The number of nitrogens with zero attached hydrogens (tertiary/aromatic N) is 2. The SMILES string of the molecule is CC(C)c1ccc(=O)[nH]c1.CC(C)c1ccc[nH]c1=O.CC(C)c1cncnc1. The summed E-state index contributed by atoms with van der Waals surface area (Å²) in [5.41, 5.74) is 3.20. The molecule has 3 aromatic heterocycles. The average molecular weight is 397 g/mol. The second-order valence-corrected chi connectivity index (χ2v) is 7.58. The van der Waals surface area contributed by atoms with E-state index in [2.05, 4.69) is 47.6 Å². The molecule has 3 aromatic rings. The Morgan fingerprint density at radius 1 is 0.759 bits per heavy atom. The van der Waals surface area contributed by atoms with E-state index in [1.807, 2.05) is 44.4 Å². The molecule has 0 aromatic carbocycles. The molecule has 0 unspecified atom stereocenters. The van der Waals surface area contributed by atoms with Gasteiger partial charge >= 0.3 is 0 Å². The molecule has 0 atom stereocenters. The molecular formula is C23H32N4O2. The molecule has 0 radical (unpaired) electrons. The highest BCUT2D eigenvalue weighted by Gasteiger charge is 2.01. The molecule has 2 N–H and O–H groups in total. The zero-order valence-electron chi connectivity index (χ0n) is 18.1. The van der Waals surface area contributed by atoms with Gasteiger partial charge in [0.25, 0.3) is 5.56 Å². The van der Waals surface area contributed by atoms with Crippen molar-refractivity contribution in [2.45, 2.75) is 59.3 Å². The summed E-state index contributed by atoms with van der Waals surface area (Å²) in [5.74, 6) is 1.33. The Morgan fingerprint density at radius 2 is 1.38 bits per heavy atom. The van der Waals surface area contributed by atoms with Gasteiger partial charge in [0.1, 0.15) is 6.33 Å². The molecule has 6 nitrogen and oxygen atoms in total. The minimum atomic E-state index is -0.0376. The number of H-pyrrole nitrogens is 2. The minimum Gasteiger partial charge on any atom is -0.329 e. The molecule has 0 saturated heterocycles. The van der Waals surface area contributed by atoms with Crippen LogP contribution in [0.3, 0.4) is 0 Å². The predicted octanol–water partition coefficient (Wildman–Crippen LogP) is 4.60. The lowest BCUT2D eigenvalue weighted by Crippen LogP contribution is -2.11. The molecule has 29 heavy (non-hydrogen) atoms. The lowest BCUT2D eigenvalue weighted by atomic mass is 10.1. The van der Waals surface area contributed by atoms with Crippen molar-refractivity contribution in [2.24, 2.45) is 0 Å². The van der Waals surface area contributed by atoms with Crippen molar-refractivity contribution in [3.05, 3.63) is 92.8 Å². The van der Waals surface area contributed by atoms with Gasteiger partial charge < -0.3 is 9.97 Å². The van der Waals surface area contributed by atoms with Crippen LogP contribution in [-0.2, 0) is 0 Å². The van der Waals surface area contributed by atoms with Crippen molar-refractivity contribution in [1.29, 1.82) is 0 Å². The van der Waals surface area contributed by atoms with E-state index in [1.165, 1.54) is 11.1 Å². The minimum absolute atomic E-state index is 0.0255. The van der Waals surface area contributed by atoms with Crippen molar-refractivity contribution < 1.29 is 0 Å². The first kappa shape index (κ1) is 24.0. The third-order valence-corrected chi connectivity index (χ3v) is 4.19. The fraction of sp³-hybridized carbons (Fsp3) is 0.391. The van der Waals surface area contributed by atoms with Crippen LogP contribution in [0, 0.1) is 0 Å². The molecule has 6 heteroatoms. The van der Waals surface area contributed by atoms with E-state index in [0.717, 1.165) is 5.56 Å². The Bertz CT molecular complexity index is 924. The van der Waals surface area contributed by atoms with Crippen LogP contribution in [0.1, 0.15) is 76.0 Å². The summed E-state index contributed by atoms with van der Waals surface area (Å²) in [6.45, 7) is 12.4. The predicted molar refractivity (Wildman–Crippen MR) is 118 cm³/mol. The topological polar surface area (TPSA) is 91.5 Å². The van der Waals surface area contributed by atoms with Gasteiger partial charge in [-0.05, 0) is 34.9 Å². The molecule has 0 aliphatic carbocycles. The Kier molecular flexibility index (Phi) is 10.3. The lowest BCUT2D eigenvalue weighted by molar-refractivity contribution is 0.844. The van der Waals surface area contributed by atoms with Gasteiger partial charge in [-0.15, -0.1) is 0 Å². The summed E-state index contributed by atoms with van der Waals surface area (Å²) in [6, 6.07) is 7.10. The molecule has 3 heterocycles. The Labute approximate surface area is 172 Å². The highest BCUT2D eigenvalue weighted by Crippen LogP contribution is 2.10. The number of aromatic amines is 2. The molecule has 3 rings (SSSR count). The number of pyridine rings is 2. The van der Waals surface area contributed by atoms with Crippen LogP contribution in [0.4, 0.5) is 0 Å². The molecule has 0 bridgehead atoms. The Hall–Kier alpha value is -3.02. The summed E-state index contributed by atoms with van der Waals surface area (Å²) in [5, 5.41) is 0. The monoisotopic (exact) mass is 396 g/mol. The van der Waals surface area contributed by atoms with Gasteiger partial charge in [0.15, 0.2) is 0 Å². The van der Waals surface area contributed by atoms with Crippen LogP contribution in [-0.4, -0.2) is 19.9 Å². The van der Waals surface area contributed by atoms with Gasteiger partial charge in [-0.2, -0.15) is 0 Å². The summed E-state index contributed by atoms with van der Waals surface area (Å²) < 4.78 is 0. The summed E-state index contributed by atoms with van der Waals surface area (Å²) >= 11 is 0. The van der Waals surface area contributed by atoms with Crippen LogP contribution in [0.15, 0.2) is 65.0 Å². The molecular weight excluding hydrogens is 364 g/mol. The summed E-state index contributed by atoms with van der Waals surface area (Å²) in [4.78, 5) is 34.6. The maximum Gasteiger partial charge on any atom is 0.251 e. The normalized spacial score (nSPS) is 10.2. The third kappa shape index (κ3) is 9.14. The fourth-order valence-corrected chi connectivity index (χ4v) is 2.28. The Balaban J connectivity index is 0.000000218. The molecule has 0 amide bonds. The number of nitrogens with one attached hydrogen (secondary N) is 2. The molecule has 156 valence electrons. The van der Waals surface area contributed by atoms with Crippen molar-refractivity contribution in [2.75, 3.05) is 0 Å². The highest BCUT2D eigenvalue weighted by atomic mass is 16.1. The van der Waals surface area contributed by atoms with Crippen molar-refractivity contribution in [3.8, 4) is 0 Å². The lowest BCUT2D eigenvalue weighted by Gasteiger charge is -2.01. The van der Waals surface area contributed by atoms with Crippen LogP contribution in [0.5, 0.6) is 0 Å². The molecule has 0 fully saturated rings. The third-order valence-electron chi connectivity index (χ3n) is 4.19. The van der Waals surface area contributed by atoms with Gasteiger partial charge in [-0.3, -0.25) is 9.59 Å².